The number of hydrogen-bond donors (Lipinski definition) is 2. The molecule has 2 rings (SSSR count). The highest BCUT2D eigenvalue weighted by atomic mass is 79.9. The third-order valence-electron chi connectivity index (χ3n) is 3.11. The van der Waals surface area contributed by atoms with E-state index in [9.17, 15) is 9.59 Å². The minimum atomic E-state index is -0.324. The number of piperazine rings is 1. The number of rotatable bonds is 3. The van der Waals surface area contributed by atoms with Gasteiger partial charge in [-0.25, -0.2) is 0 Å². The molecule has 0 bridgehead atoms. The molecule has 1 saturated heterocycles. The van der Waals surface area contributed by atoms with E-state index in [0.717, 1.165) is 10.2 Å². The Morgan fingerprint density at radius 1 is 1.42 bits per heavy atom. The van der Waals surface area contributed by atoms with Crippen molar-refractivity contribution in [3.05, 3.63) is 28.7 Å². The van der Waals surface area contributed by atoms with Crippen molar-refractivity contribution in [1.82, 2.24) is 10.2 Å². The summed E-state index contributed by atoms with van der Waals surface area (Å²) in [4.78, 5) is 25.3. The minimum absolute atomic E-state index is 0.0328. The molecule has 19 heavy (non-hydrogen) atoms. The van der Waals surface area contributed by atoms with Crippen LogP contribution in [0.15, 0.2) is 28.7 Å². The van der Waals surface area contributed by atoms with Crippen LogP contribution in [0.4, 0.5) is 5.69 Å². The summed E-state index contributed by atoms with van der Waals surface area (Å²) in [5.41, 5.74) is 0.751. The molecule has 0 aliphatic carbocycles. The fourth-order valence-electron chi connectivity index (χ4n) is 1.93. The number of benzene rings is 1. The third kappa shape index (κ3) is 3.78. The van der Waals surface area contributed by atoms with Gasteiger partial charge < -0.3 is 10.6 Å². The molecule has 102 valence electrons. The highest BCUT2D eigenvalue weighted by molar-refractivity contribution is 9.10. The van der Waals surface area contributed by atoms with Gasteiger partial charge in [-0.1, -0.05) is 15.9 Å². The standard InChI is InChI=1S/C13H16BrN3O2/c1-9(17-7-6-15-12(18)8-17)13(19)16-11-4-2-10(14)3-5-11/h2-5,9H,6-8H2,1H3,(H,15,18)(H,16,19). The molecule has 1 aliphatic heterocycles. The Bertz CT molecular complexity index is 475. The molecule has 6 heteroatoms. The van der Waals surface area contributed by atoms with Gasteiger partial charge in [-0.15, -0.1) is 0 Å². The van der Waals surface area contributed by atoms with Gasteiger partial charge in [0, 0.05) is 23.2 Å². The molecule has 1 unspecified atom stereocenters. The molecule has 1 fully saturated rings. The Morgan fingerprint density at radius 2 is 2.11 bits per heavy atom. The van der Waals surface area contributed by atoms with Crippen molar-refractivity contribution >= 4 is 33.4 Å². The van der Waals surface area contributed by atoms with Crippen molar-refractivity contribution in [3.8, 4) is 0 Å². The van der Waals surface area contributed by atoms with Gasteiger partial charge in [0.1, 0.15) is 0 Å². The van der Waals surface area contributed by atoms with Gasteiger partial charge in [0.25, 0.3) is 0 Å². The van der Waals surface area contributed by atoms with Crippen LogP contribution in [0.25, 0.3) is 0 Å². The van der Waals surface area contributed by atoms with Gasteiger partial charge >= 0.3 is 0 Å². The lowest BCUT2D eigenvalue weighted by atomic mass is 10.2. The maximum Gasteiger partial charge on any atom is 0.241 e. The zero-order valence-corrected chi connectivity index (χ0v) is 12.2. The summed E-state index contributed by atoms with van der Waals surface area (Å²) in [5.74, 6) is -0.133. The number of nitrogens with zero attached hydrogens (tertiary/aromatic N) is 1. The molecular weight excluding hydrogens is 310 g/mol. The Balaban J connectivity index is 1.95. The van der Waals surface area contributed by atoms with E-state index in [-0.39, 0.29) is 24.4 Å². The van der Waals surface area contributed by atoms with Crippen molar-refractivity contribution in [2.75, 3.05) is 25.0 Å². The van der Waals surface area contributed by atoms with Crippen LogP contribution < -0.4 is 10.6 Å². The van der Waals surface area contributed by atoms with Crippen LogP contribution in [-0.4, -0.2) is 42.4 Å². The summed E-state index contributed by atoms with van der Waals surface area (Å²) in [7, 11) is 0. The number of carbonyl (C=O) groups is 2. The monoisotopic (exact) mass is 325 g/mol. The van der Waals surface area contributed by atoms with Crippen molar-refractivity contribution in [3.63, 3.8) is 0 Å². The normalized spacial score (nSPS) is 17.7. The van der Waals surface area contributed by atoms with Crippen molar-refractivity contribution < 1.29 is 9.59 Å². The maximum atomic E-state index is 12.1. The number of anilines is 1. The molecule has 1 atom stereocenters. The number of halogens is 1. The second kappa shape index (κ2) is 6.16. The van der Waals surface area contributed by atoms with E-state index in [1.54, 1.807) is 0 Å². The van der Waals surface area contributed by atoms with E-state index in [4.69, 9.17) is 0 Å². The van der Waals surface area contributed by atoms with E-state index in [1.165, 1.54) is 0 Å². The molecule has 0 saturated carbocycles. The fourth-order valence-corrected chi connectivity index (χ4v) is 2.20. The average Bonchev–Trinajstić information content (AvgIpc) is 2.40. The first-order valence-corrected chi connectivity index (χ1v) is 6.93. The summed E-state index contributed by atoms with van der Waals surface area (Å²) >= 11 is 3.34. The van der Waals surface area contributed by atoms with E-state index >= 15 is 0 Å². The van der Waals surface area contributed by atoms with Crippen LogP contribution in [-0.2, 0) is 9.59 Å². The van der Waals surface area contributed by atoms with Crippen molar-refractivity contribution in [1.29, 1.82) is 0 Å². The van der Waals surface area contributed by atoms with Crippen LogP contribution in [0.1, 0.15) is 6.92 Å². The Morgan fingerprint density at radius 3 is 2.74 bits per heavy atom. The highest BCUT2D eigenvalue weighted by Gasteiger charge is 2.25. The Labute approximate surface area is 120 Å². The number of amides is 2. The Kier molecular flexibility index (Phi) is 4.55. The first kappa shape index (κ1) is 14.0. The van der Waals surface area contributed by atoms with E-state index < -0.39 is 0 Å². The van der Waals surface area contributed by atoms with Crippen molar-refractivity contribution in [2.24, 2.45) is 0 Å². The second-order valence-electron chi connectivity index (χ2n) is 4.49. The van der Waals surface area contributed by atoms with Gasteiger partial charge in [-0.3, -0.25) is 14.5 Å². The van der Waals surface area contributed by atoms with E-state index in [2.05, 4.69) is 26.6 Å². The number of hydrogen-bond acceptors (Lipinski definition) is 3. The molecular formula is C13H16BrN3O2. The molecule has 1 aliphatic rings. The summed E-state index contributed by atoms with van der Waals surface area (Å²) < 4.78 is 0.964. The predicted octanol–water partition coefficient (Wildman–Crippen LogP) is 1.21. The minimum Gasteiger partial charge on any atom is -0.354 e. The smallest absolute Gasteiger partial charge is 0.241 e. The summed E-state index contributed by atoms with van der Waals surface area (Å²) in [6.45, 7) is 3.37. The van der Waals surface area contributed by atoms with E-state index in [1.807, 2.05) is 36.1 Å². The maximum absolute atomic E-state index is 12.1. The fraction of sp³-hybridized carbons (Fsp3) is 0.385. The predicted molar refractivity (Wildman–Crippen MR) is 76.8 cm³/mol. The van der Waals surface area contributed by atoms with Gasteiger partial charge in [-0.05, 0) is 31.2 Å². The number of nitrogens with one attached hydrogen (secondary N) is 2. The van der Waals surface area contributed by atoms with Crippen LogP contribution in [0.5, 0.6) is 0 Å². The summed E-state index contributed by atoms with van der Waals surface area (Å²) in [5, 5.41) is 5.59. The lowest BCUT2D eigenvalue weighted by molar-refractivity contribution is -0.127. The third-order valence-corrected chi connectivity index (χ3v) is 3.64. The number of carbonyl (C=O) groups excluding carboxylic acids is 2. The molecule has 1 aromatic carbocycles. The van der Waals surface area contributed by atoms with Gasteiger partial charge in [0.15, 0.2) is 0 Å². The van der Waals surface area contributed by atoms with Crippen LogP contribution in [0, 0.1) is 0 Å². The molecule has 1 aromatic rings. The lowest BCUT2D eigenvalue weighted by Crippen LogP contribution is -2.53. The molecule has 2 amide bonds. The molecule has 5 nitrogen and oxygen atoms in total. The molecule has 0 radical (unpaired) electrons. The van der Waals surface area contributed by atoms with Crippen LogP contribution in [0.3, 0.4) is 0 Å². The highest BCUT2D eigenvalue weighted by Crippen LogP contribution is 2.15. The molecule has 0 spiro atoms. The molecule has 1 heterocycles. The second-order valence-corrected chi connectivity index (χ2v) is 5.41. The topological polar surface area (TPSA) is 61.4 Å². The molecule has 2 N–H and O–H groups in total. The van der Waals surface area contributed by atoms with Crippen molar-refractivity contribution in [2.45, 2.75) is 13.0 Å². The van der Waals surface area contributed by atoms with Gasteiger partial charge in [0.05, 0.1) is 12.6 Å². The first-order chi connectivity index (χ1) is 9.06. The summed E-state index contributed by atoms with van der Waals surface area (Å²) in [6, 6.07) is 7.08. The van der Waals surface area contributed by atoms with Gasteiger partial charge in [-0.2, -0.15) is 0 Å². The van der Waals surface area contributed by atoms with Crippen LogP contribution >= 0.6 is 15.9 Å². The largest absolute Gasteiger partial charge is 0.354 e. The van der Waals surface area contributed by atoms with Crippen LogP contribution in [0.2, 0.25) is 0 Å². The lowest BCUT2D eigenvalue weighted by Gasteiger charge is -2.31. The quantitative estimate of drug-likeness (QED) is 0.878. The Hall–Kier alpha value is -1.40. The zero-order valence-electron chi connectivity index (χ0n) is 10.6. The van der Waals surface area contributed by atoms with E-state index in [0.29, 0.717) is 13.1 Å². The van der Waals surface area contributed by atoms with Gasteiger partial charge in [0.2, 0.25) is 11.8 Å². The molecule has 0 aromatic heterocycles. The average molecular weight is 326 g/mol. The first-order valence-electron chi connectivity index (χ1n) is 6.13. The summed E-state index contributed by atoms with van der Waals surface area (Å²) in [6.07, 6.45) is 0. The SMILES string of the molecule is CC(C(=O)Nc1ccc(Br)cc1)N1CCNC(=O)C1. The zero-order chi connectivity index (χ0) is 13.8.